The van der Waals surface area contributed by atoms with Crippen LogP contribution in [0.25, 0.3) is 0 Å². The molecule has 20 heteroatoms. The summed E-state index contributed by atoms with van der Waals surface area (Å²) in [4.78, 5) is 24.0. The number of carbonyl (C=O) groups excluding carboxylic acids is 1. The maximum atomic E-state index is 12.3. The number of aliphatic carboxylic acids is 1. The lowest BCUT2D eigenvalue weighted by Gasteiger charge is -2.48. The number of amides is 1. The average Bonchev–Trinajstić information content (AvgIpc) is 2.96. The fourth-order valence-electron chi connectivity index (χ4n) is 5.05. The Morgan fingerprint density at radius 1 is 0.930 bits per heavy atom. The third kappa shape index (κ3) is 7.58. The number of rotatable bonds is 11. The molecule has 3 heterocycles. The summed E-state index contributed by atoms with van der Waals surface area (Å²) < 4.78 is 26.7. The molecule has 0 unspecified atom stereocenters. The van der Waals surface area contributed by atoms with Crippen LogP contribution in [0.1, 0.15) is 13.3 Å². The summed E-state index contributed by atoms with van der Waals surface area (Å²) in [5.74, 6) is -5.42. The van der Waals surface area contributed by atoms with E-state index in [0.717, 1.165) is 6.92 Å². The monoisotopic (exact) mass is 633 g/mol. The number of carbonyl (C=O) groups is 2. The van der Waals surface area contributed by atoms with Crippen molar-refractivity contribution in [1.82, 2.24) is 5.32 Å². The molecule has 13 N–H and O–H groups in total. The van der Waals surface area contributed by atoms with Gasteiger partial charge >= 0.3 is 5.97 Å². The van der Waals surface area contributed by atoms with E-state index in [1.165, 1.54) is 0 Å². The zero-order valence-corrected chi connectivity index (χ0v) is 22.7. The molecular weight excluding hydrogens is 594 g/mol. The Morgan fingerprint density at radius 2 is 1.58 bits per heavy atom. The van der Waals surface area contributed by atoms with E-state index in [2.05, 4.69) is 5.32 Å². The number of ether oxygens (including phenoxy) is 5. The number of carboxylic acids is 1. The summed E-state index contributed by atoms with van der Waals surface area (Å²) in [6.07, 6.45) is -27.0. The molecule has 0 spiro atoms. The van der Waals surface area contributed by atoms with Crippen molar-refractivity contribution in [3.63, 3.8) is 0 Å². The molecule has 3 aliphatic heterocycles. The predicted molar refractivity (Wildman–Crippen MR) is 130 cm³/mol. The van der Waals surface area contributed by atoms with Gasteiger partial charge in [-0.3, -0.25) is 4.79 Å². The molecule has 20 nitrogen and oxygen atoms in total. The standard InChI is InChI=1S/C23H39NO19/c1-6(27)24-11-7(28)2-23(22(37)38,43-19(11)12(30)8(29)3-25)39-5-10-13(31)14(32)17(35)21(41-10)42-18-9(4-26)40-20(36)16(34)15(18)33/h7-21,25-26,28-36H,2-5H2,1H3,(H,24,27)(H,37,38)/t7-,8+,9+,10+,11+,12-,13-,14-,15+,16+,17+,18+,19+,20+,21-,23-/m0/s1. The first kappa shape index (κ1) is 35.8. The van der Waals surface area contributed by atoms with E-state index < -0.39 is 136 Å². The molecule has 3 fully saturated rings. The van der Waals surface area contributed by atoms with Crippen LogP contribution in [0.4, 0.5) is 0 Å². The first-order valence-corrected chi connectivity index (χ1v) is 13.2. The van der Waals surface area contributed by atoms with Gasteiger partial charge in [0.05, 0.1) is 32.0 Å². The van der Waals surface area contributed by atoms with Crippen molar-refractivity contribution in [3.8, 4) is 0 Å². The summed E-state index contributed by atoms with van der Waals surface area (Å²) in [7, 11) is 0. The van der Waals surface area contributed by atoms with E-state index in [0.29, 0.717) is 0 Å². The lowest BCUT2D eigenvalue weighted by Crippen LogP contribution is -2.68. The van der Waals surface area contributed by atoms with Gasteiger partial charge in [-0.2, -0.15) is 0 Å². The van der Waals surface area contributed by atoms with Crippen LogP contribution in [0.5, 0.6) is 0 Å². The van der Waals surface area contributed by atoms with E-state index in [1.54, 1.807) is 0 Å². The molecule has 0 aromatic rings. The van der Waals surface area contributed by atoms with Crippen LogP contribution in [0.15, 0.2) is 0 Å². The molecule has 3 rings (SSSR count). The number of aliphatic hydroxyl groups excluding tert-OH is 11. The third-order valence-electron chi connectivity index (χ3n) is 7.47. The van der Waals surface area contributed by atoms with Crippen LogP contribution in [-0.4, -0.2) is 191 Å². The van der Waals surface area contributed by atoms with Crippen LogP contribution in [-0.2, 0) is 33.3 Å². The molecule has 0 aromatic carbocycles. The molecule has 3 aliphatic rings. The molecule has 0 radical (unpaired) electrons. The highest BCUT2D eigenvalue weighted by Gasteiger charge is 2.57. The maximum Gasteiger partial charge on any atom is 0.364 e. The van der Waals surface area contributed by atoms with E-state index in [-0.39, 0.29) is 0 Å². The molecular formula is C23H39NO19. The predicted octanol–water partition coefficient (Wildman–Crippen LogP) is -8.22. The van der Waals surface area contributed by atoms with Gasteiger partial charge in [0.15, 0.2) is 12.6 Å². The Hall–Kier alpha value is -1.70. The summed E-state index contributed by atoms with van der Waals surface area (Å²) in [5.41, 5.74) is 0. The summed E-state index contributed by atoms with van der Waals surface area (Å²) in [5, 5.41) is 123. The topological polar surface area (TPSA) is 335 Å². The average molecular weight is 634 g/mol. The highest BCUT2D eigenvalue weighted by Crippen LogP contribution is 2.35. The van der Waals surface area contributed by atoms with Crippen LogP contribution < -0.4 is 5.32 Å². The Bertz CT molecular complexity index is 942. The summed E-state index contributed by atoms with van der Waals surface area (Å²) >= 11 is 0. The Morgan fingerprint density at radius 3 is 2.14 bits per heavy atom. The van der Waals surface area contributed by atoms with E-state index >= 15 is 0 Å². The lowest BCUT2D eigenvalue weighted by atomic mass is 9.88. The second-order valence-electron chi connectivity index (χ2n) is 10.5. The van der Waals surface area contributed by atoms with Crippen LogP contribution in [0.2, 0.25) is 0 Å². The largest absolute Gasteiger partial charge is 0.477 e. The van der Waals surface area contributed by atoms with Gasteiger partial charge in [-0.15, -0.1) is 0 Å². The third-order valence-corrected chi connectivity index (χ3v) is 7.47. The number of hydrogen-bond donors (Lipinski definition) is 13. The quantitative estimate of drug-likeness (QED) is 0.100. The fourth-order valence-corrected chi connectivity index (χ4v) is 5.05. The van der Waals surface area contributed by atoms with Gasteiger partial charge in [0, 0.05) is 13.3 Å². The molecule has 43 heavy (non-hydrogen) atoms. The van der Waals surface area contributed by atoms with Gasteiger partial charge in [-0.1, -0.05) is 0 Å². The molecule has 1 amide bonds. The van der Waals surface area contributed by atoms with Crippen molar-refractivity contribution in [1.29, 1.82) is 0 Å². The highest BCUT2D eigenvalue weighted by atomic mass is 16.8. The van der Waals surface area contributed by atoms with Crippen molar-refractivity contribution in [2.24, 2.45) is 0 Å². The number of nitrogens with one attached hydrogen (secondary N) is 1. The summed E-state index contributed by atoms with van der Waals surface area (Å²) in [6, 6.07) is -1.48. The zero-order chi connectivity index (χ0) is 32.4. The second kappa shape index (κ2) is 14.6. The molecule has 0 aromatic heterocycles. The maximum absolute atomic E-state index is 12.3. The van der Waals surface area contributed by atoms with E-state index in [9.17, 15) is 70.9 Å². The molecule has 3 saturated heterocycles. The van der Waals surface area contributed by atoms with E-state index in [1.807, 2.05) is 0 Å². The zero-order valence-electron chi connectivity index (χ0n) is 22.7. The van der Waals surface area contributed by atoms with E-state index in [4.69, 9.17) is 23.7 Å². The van der Waals surface area contributed by atoms with Gasteiger partial charge in [0.1, 0.15) is 67.1 Å². The van der Waals surface area contributed by atoms with Crippen molar-refractivity contribution in [2.45, 2.75) is 111 Å². The first-order chi connectivity index (χ1) is 20.1. The Labute approximate surface area is 243 Å². The lowest BCUT2D eigenvalue weighted by molar-refractivity contribution is -0.364. The van der Waals surface area contributed by atoms with Gasteiger partial charge < -0.3 is 90.3 Å². The van der Waals surface area contributed by atoms with Crippen molar-refractivity contribution < 1.29 is 94.6 Å². The SMILES string of the molecule is CC(=O)N[C@H]1[C@H]([C@@H](O)[C@H](O)CO)O[C@](OC[C@H]2O[C@@H](O[C@H]3[C@H](O)[C@@H](O)[C@H](O)O[C@@H]3CO)[C@H](O)[C@@H](O)[C@H]2O)(C(=O)O)C[C@@H]1O. The van der Waals surface area contributed by atoms with Crippen molar-refractivity contribution in [2.75, 3.05) is 19.8 Å². The van der Waals surface area contributed by atoms with Gasteiger partial charge in [0.2, 0.25) is 5.91 Å². The second-order valence-corrected chi connectivity index (χ2v) is 10.5. The number of aliphatic hydroxyl groups is 11. The molecule has 0 saturated carbocycles. The normalized spacial score (nSPS) is 45.3. The smallest absolute Gasteiger partial charge is 0.364 e. The van der Waals surface area contributed by atoms with Crippen molar-refractivity contribution >= 4 is 11.9 Å². The first-order valence-electron chi connectivity index (χ1n) is 13.2. The number of hydrogen-bond acceptors (Lipinski definition) is 18. The molecule has 250 valence electrons. The van der Waals surface area contributed by atoms with Gasteiger partial charge in [-0.05, 0) is 0 Å². The minimum atomic E-state index is -2.83. The minimum absolute atomic E-state index is 0.719. The molecule has 16 atom stereocenters. The Balaban J connectivity index is 1.82. The number of carboxylic acid groups (broad SMARTS) is 1. The Kier molecular flexibility index (Phi) is 12.1. The van der Waals surface area contributed by atoms with Gasteiger partial charge in [-0.25, -0.2) is 4.79 Å². The van der Waals surface area contributed by atoms with Crippen LogP contribution in [0.3, 0.4) is 0 Å². The summed E-state index contributed by atoms with van der Waals surface area (Å²) in [6.45, 7) is -1.76. The highest BCUT2D eigenvalue weighted by molar-refractivity contribution is 5.76. The minimum Gasteiger partial charge on any atom is -0.477 e. The fraction of sp³-hybridized carbons (Fsp3) is 0.913. The molecule has 0 aliphatic carbocycles. The van der Waals surface area contributed by atoms with Gasteiger partial charge in [0.25, 0.3) is 5.79 Å². The van der Waals surface area contributed by atoms with Crippen LogP contribution >= 0.6 is 0 Å². The molecule has 0 bridgehead atoms. The van der Waals surface area contributed by atoms with Crippen molar-refractivity contribution in [3.05, 3.63) is 0 Å². The van der Waals surface area contributed by atoms with Crippen LogP contribution in [0, 0.1) is 0 Å².